The van der Waals surface area contributed by atoms with Crippen LogP contribution in [0.15, 0.2) is 81.7 Å². The summed E-state index contributed by atoms with van der Waals surface area (Å²) >= 11 is 1.12. The minimum absolute atomic E-state index is 0.126. The van der Waals surface area contributed by atoms with Crippen LogP contribution in [-0.2, 0) is 9.53 Å². The molecule has 0 saturated carbocycles. The van der Waals surface area contributed by atoms with E-state index in [2.05, 4.69) is 4.99 Å². The maximum atomic E-state index is 14.0. The number of ether oxygens (including phenoxy) is 4. The quantitative estimate of drug-likeness (QED) is 0.123. The largest absolute Gasteiger partial charge is 0.493 e. The van der Waals surface area contributed by atoms with Crippen molar-refractivity contribution in [1.29, 1.82) is 0 Å². The van der Waals surface area contributed by atoms with Gasteiger partial charge in [-0.15, -0.1) is 0 Å². The molecule has 0 saturated heterocycles. The van der Waals surface area contributed by atoms with E-state index in [4.69, 9.17) is 18.9 Å². The fraction of sp³-hybridized carbons (Fsp3) is 0.219. The van der Waals surface area contributed by atoms with Crippen LogP contribution in [-0.4, -0.2) is 40.7 Å². The Morgan fingerprint density at radius 3 is 2.45 bits per heavy atom. The van der Waals surface area contributed by atoms with Gasteiger partial charge in [-0.25, -0.2) is 9.79 Å². The zero-order valence-corrected chi connectivity index (χ0v) is 26.4. The number of esters is 1. The number of nitro groups is 2. The van der Waals surface area contributed by atoms with Gasteiger partial charge in [0, 0.05) is 6.07 Å². The molecule has 1 aromatic heterocycles. The highest BCUT2D eigenvalue weighted by Gasteiger charge is 2.34. The average Bonchev–Trinajstić information content (AvgIpc) is 3.34. The molecule has 14 nitrogen and oxygen atoms in total. The number of methoxy groups -OCH3 is 1. The number of nitro benzene ring substituents is 2. The molecule has 0 fully saturated rings. The van der Waals surface area contributed by atoms with Gasteiger partial charge in [-0.1, -0.05) is 29.5 Å². The van der Waals surface area contributed by atoms with Crippen molar-refractivity contribution in [1.82, 2.24) is 4.57 Å². The molecule has 0 aliphatic carbocycles. The number of nitrogens with zero attached hydrogens (tertiary/aromatic N) is 4. The lowest BCUT2D eigenvalue weighted by atomic mass is 9.95. The molecule has 0 radical (unpaired) electrons. The van der Waals surface area contributed by atoms with Gasteiger partial charge in [0.15, 0.2) is 16.3 Å². The lowest BCUT2D eigenvalue weighted by Gasteiger charge is -2.25. The molecule has 0 bridgehead atoms. The van der Waals surface area contributed by atoms with Gasteiger partial charge < -0.3 is 18.9 Å². The standard InChI is InChI=1S/C32H28N4O10S/c1-5-44-26-16-20(10-12-25(26)43-4)29-28(31(38)45-6-2)18(3)33-32-34(29)30(37)27(47-32)15-19-8-7-9-22(14-19)46-24-13-11-21(35(39)40)17-23(24)36(41)42/h7-17,29H,5-6H2,1-4H3/b27-15+/t29-/m1/s1. The first-order valence-electron chi connectivity index (χ1n) is 14.3. The molecule has 4 aromatic rings. The Kier molecular flexibility index (Phi) is 9.46. The van der Waals surface area contributed by atoms with Crippen molar-refractivity contribution in [3.8, 4) is 23.0 Å². The number of benzene rings is 3. The van der Waals surface area contributed by atoms with E-state index in [9.17, 15) is 29.8 Å². The molecule has 3 aromatic carbocycles. The number of rotatable bonds is 11. The summed E-state index contributed by atoms with van der Waals surface area (Å²) in [5.74, 6) is 0.334. The van der Waals surface area contributed by atoms with Crippen LogP contribution >= 0.6 is 11.3 Å². The number of hydrogen-bond acceptors (Lipinski definition) is 12. The summed E-state index contributed by atoms with van der Waals surface area (Å²) in [6, 6.07) is 13.8. The second-order valence-corrected chi connectivity index (χ2v) is 11.0. The second-order valence-electron chi connectivity index (χ2n) is 9.99. The molecule has 0 amide bonds. The summed E-state index contributed by atoms with van der Waals surface area (Å²) in [7, 11) is 1.52. The molecular formula is C32H28N4O10S. The summed E-state index contributed by atoms with van der Waals surface area (Å²) in [5.41, 5.74) is 0.277. The lowest BCUT2D eigenvalue weighted by Crippen LogP contribution is -2.40. The molecule has 1 aliphatic rings. The highest BCUT2D eigenvalue weighted by molar-refractivity contribution is 7.07. The van der Waals surface area contributed by atoms with Gasteiger partial charge in [0.1, 0.15) is 5.75 Å². The molecule has 15 heteroatoms. The van der Waals surface area contributed by atoms with Crippen LogP contribution in [0.3, 0.4) is 0 Å². The number of fused-ring (bicyclic) bond motifs is 1. The molecule has 1 aliphatic heterocycles. The van der Waals surface area contributed by atoms with Gasteiger partial charge in [0.05, 0.1) is 58.1 Å². The van der Waals surface area contributed by atoms with Crippen LogP contribution in [0.4, 0.5) is 11.4 Å². The number of non-ortho nitro benzene ring substituents is 1. The Bertz CT molecular complexity index is 2120. The Labute approximate surface area is 270 Å². The van der Waals surface area contributed by atoms with E-state index in [0.717, 1.165) is 29.5 Å². The third-order valence-electron chi connectivity index (χ3n) is 7.05. The summed E-state index contributed by atoms with van der Waals surface area (Å²) in [5, 5.41) is 22.7. The molecule has 5 rings (SSSR count). The summed E-state index contributed by atoms with van der Waals surface area (Å²) in [4.78, 5) is 53.4. The van der Waals surface area contributed by atoms with E-state index in [1.807, 2.05) is 6.92 Å². The van der Waals surface area contributed by atoms with Crippen molar-refractivity contribution in [2.24, 2.45) is 4.99 Å². The number of allylic oxidation sites excluding steroid dienone is 1. The molecule has 0 spiro atoms. The zero-order chi connectivity index (χ0) is 33.8. The van der Waals surface area contributed by atoms with E-state index >= 15 is 0 Å². The lowest BCUT2D eigenvalue weighted by molar-refractivity contribution is -0.394. The molecule has 47 heavy (non-hydrogen) atoms. The number of thiazole rings is 1. The minimum atomic E-state index is -0.880. The Hall–Kier alpha value is -5.83. The SMILES string of the molecule is CCOC(=O)C1=C(C)N=c2s/c(=C/c3cccc(Oc4ccc([N+](=O)[O-])cc4[N+](=O)[O-])c3)c(=O)n2[C@@H]1c1ccc(OC)c(OCC)c1. The monoisotopic (exact) mass is 660 g/mol. The molecular weight excluding hydrogens is 632 g/mol. The van der Waals surface area contributed by atoms with Crippen LogP contribution in [0.1, 0.15) is 37.9 Å². The first-order valence-corrected chi connectivity index (χ1v) is 15.1. The van der Waals surface area contributed by atoms with Crippen LogP contribution in [0.25, 0.3) is 6.08 Å². The van der Waals surface area contributed by atoms with E-state index in [1.54, 1.807) is 62.4 Å². The fourth-order valence-electron chi connectivity index (χ4n) is 5.03. The van der Waals surface area contributed by atoms with Crippen LogP contribution in [0, 0.1) is 20.2 Å². The first-order chi connectivity index (χ1) is 22.6. The number of carbonyl (C=O) groups is 1. The van der Waals surface area contributed by atoms with Crippen molar-refractivity contribution in [3.63, 3.8) is 0 Å². The molecule has 0 N–H and O–H groups in total. The van der Waals surface area contributed by atoms with Gasteiger partial charge in [0.25, 0.3) is 11.2 Å². The van der Waals surface area contributed by atoms with Crippen LogP contribution < -0.4 is 29.1 Å². The molecule has 2 heterocycles. The van der Waals surface area contributed by atoms with Gasteiger partial charge in [0.2, 0.25) is 5.75 Å². The predicted octanol–water partition coefficient (Wildman–Crippen LogP) is 4.81. The van der Waals surface area contributed by atoms with E-state index in [1.165, 1.54) is 11.7 Å². The number of hydrogen-bond donors (Lipinski definition) is 0. The summed E-state index contributed by atoms with van der Waals surface area (Å²) in [6.07, 6.45) is 1.61. The highest BCUT2D eigenvalue weighted by Crippen LogP contribution is 2.37. The third kappa shape index (κ3) is 6.60. The van der Waals surface area contributed by atoms with Crippen LogP contribution in [0.5, 0.6) is 23.0 Å². The zero-order valence-electron chi connectivity index (χ0n) is 25.6. The maximum Gasteiger partial charge on any atom is 0.338 e. The number of aromatic nitrogens is 1. The first kappa shape index (κ1) is 32.6. The Morgan fingerprint density at radius 2 is 1.77 bits per heavy atom. The van der Waals surface area contributed by atoms with E-state index in [0.29, 0.717) is 44.3 Å². The van der Waals surface area contributed by atoms with Gasteiger partial charge in [-0.05, 0) is 68.3 Å². The fourth-order valence-corrected chi connectivity index (χ4v) is 6.08. The predicted molar refractivity (Wildman–Crippen MR) is 171 cm³/mol. The topological polar surface area (TPSA) is 175 Å². The highest BCUT2D eigenvalue weighted by atomic mass is 32.1. The van der Waals surface area contributed by atoms with E-state index < -0.39 is 38.8 Å². The number of carbonyl (C=O) groups excluding carboxylic acids is 1. The summed E-state index contributed by atoms with van der Waals surface area (Å²) in [6.45, 7) is 5.69. The Balaban J connectivity index is 1.60. The van der Waals surface area contributed by atoms with Crippen molar-refractivity contribution in [2.45, 2.75) is 26.8 Å². The van der Waals surface area contributed by atoms with Crippen molar-refractivity contribution < 1.29 is 33.6 Å². The van der Waals surface area contributed by atoms with Crippen molar-refractivity contribution >= 4 is 34.8 Å². The normalized spacial score (nSPS) is 14.2. The van der Waals surface area contributed by atoms with Crippen molar-refractivity contribution in [2.75, 3.05) is 20.3 Å². The summed E-state index contributed by atoms with van der Waals surface area (Å²) < 4.78 is 24.0. The average molecular weight is 661 g/mol. The minimum Gasteiger partial charge on any atom is -0.493 e. The smallest absolute Gasteiger partial charge is 0.338 e. The third-order valence-corrected chi connectivity index (χ3v) is 8.04. The molecule has 0 unspecified atom stereocenters. The second kappa shape index (κ2) is 13.7. The van der Waals surface area contributed by atoms with Gasteiger partial charge in [-0.2, -0.15) is 0 Å². The Morgan fingerprint density at radius 1 is 1.00 bits per heavy atom. The molecule has 242 valence electrons. The van der Waals surface area contributed by atoms with Gasteiger partial charge in [-0.3, -0.25) is 29.6 Å². The van der Waals surface area contributed by atoms with Crippen molar-refractivity contribution in [3.05, 3.63) is 123 Å². The van der Waals surface area contributed by atoms with Gasteiger partial charge >= 0.3 is 11.7 Å². The molecule has 1 atom stereocenters. The van der Waals surface area contributed by atoms with E-state index in [-0.39, 0.29) is 23.7 Å². The van der Waals surface area contributed by atoms with Crippen LogP contribution in [0.2, 0.25) is 0 Å². The maximum absolute atomic E-state index is 14.0.